The Morgan fingerprint density at radius 2 is 2.00 bits per heavy atom. The first-order chi connectivity index (χ1) is 12.1. The molecule has 1 heterocycles. The predicted octanol–water partition coefficient (Wildman–Crippen LogP) is 2.30. The summed E-state index contributed by atoms with van der Waals surface area (Å²) < 4.78 is 0. The van der Waals surface area contributed by atoms with E-state index in [1.54, 1.807) is 0 Å². The van der Waals surface area contributed by atoms with Crippen LogP contribution in [0, 0.1) is 5.92 Å². The number of likely N-dealkylation sites (N-methyl/N-ethyl adjacent to an activating group) is 1. The molecule has 0 spiro atoms. The van der Waals surface area contributed by atoms with Crippen molar-refractivity contribution in [3.05, 3.63) is 42.0 Å². The molecule has 3 rings (SSSR count). The average Bonchev–Trinajstić information content (AvgIpc) is 3.08. The van der Waals surface area contributed by atoms with Crippen molar-refractivity contribution in [1.82, 2.24) is 9.80 Å². The zero-order valence-electron chi connectivity index (χ0n) is 14.9. The number of rotatable bonds is 5. The van der Waals surface area contributed by atoms with Gasteiger partial charge in [0, 0.05) is 38.3 Å². The van der Waals surface area contributed by atoms with Crippen LogP contribution in [0.2, 0.25) is 0 Å². The minimum atomic E-state index is 0.0408. The third kappa shape index (κ3) is 5.16. The predicted molar refractivity (Wildman–Crippen MR) is 99.3 cm³/mol. The SMILES string of the molecule is CN1CCN(C(=O)Cc2cccc(NC(=O)CC3C=CCC3)c2)CC1. The molecule has 2 aliphatic rings. The molecule has 134 valence electrons. The Morgan fingerprint density at radius 3 is 2.72 bits per heavy atom. The Bertz CT molecular complexity index is 648. The number of carbonyl (C=O) groups excluding carboxylic acids is 2. The molecule has 5 nitrogen and oxygen atoms in total. The second-order valence-electron chi connectivity index (χ2n) is 7.08. The lowest BCUT2D eigenvalue weighted by Crippen LogP contribution is -2.47. The Morgan fingerprint density at radius 1 is 1.20 bits per heavy atom. The van der Waals surface area contributed by atoms with Gasteiger partial charge in [-0.2, -0.15) is 0 Å². The maximum absolute atomic E-state index is 12.5. The summed E-state index contributed by atoms with van der Waals surface area (Å²) in [5, 5.41) is 2.96. The summed E-state index contributed by atoms with van der Waals surface area (Å²) in [4.78, 5) is 28.8. The highest BCUT2D eigenvalue weighted by molar-refractivity contribution is 5.91. The fourth-order valence-corrected chi connectivity index (χ4v) is 3.42. The quantitative estimate of drug-likeness (QED) is 0.836. The summed E-state index contributed by atoms with van der Waals surface area (Å²) in [6.45, 7) is 3.44. The minimum Gasteiger partial charge on any atom is -0.340 e. The number of nitrogens with one attached hydrogen (secondary N) is 1. The van der Waals surface area contributed by atoms with Gasteiger partial charge in [0.1, 0.15) is 0 Å². The number of hydrogen-bond donors (Lipinski definition) is 1. The standard InChI is InChI=1S/C20H27N3O2/c1-22-9-11-23(12-10-22)20(25)15-17-7-4-8-18(13-17)21-19(24)14-16-5-2-3-6-16/h2,4-5,7-8,13,16H,3,6,9-12,14-15H2,1H3,(H,21,24). The fourth-order valence-electron chi connectivity index (χ4n) is 3.42. The molecule has 0 aromatic heterocycles. The van der Waals surface area contributed by atoms with E-state index < -0.39 is 0 Å². The molecular formula is C20H27N3O2. The zero-order chi connectivity index (χ0) is 17.6. The van der Waals surface area contributed by atoms with E-state index in [4.69, 9.17) is 0 Å². The summed E-state index contributed by atoms with van der Waals surface area (Å²) in [7, 11) is 2.08. The van der Waals surface area contributed by atoms with Crippen molar-refractivity contribution >= 4 is 17.5 Å². The van der Waals surface area contributed by atoms with E-state index >= 15 is 0 Å². The molecule has 2 amide bonds. The van der Waals surface area contributed by atoms with Crippen LogP contribution in [0.3, 0.4) is 0 Å². The van der Waals surface area contributed by atoms with Gasteiger partial charge in [-0.1, -0.05) is 24.3 Å². The fraction of sp³-hybridized carbons (Fsp3) is 0.500. The van der Waals surface area contributed by atoms with Crippen LogP contribution in [0.25, 0.3) is 0 Å². The monoisotopic (exact) mass is 341 g/mol. The number of allylic oxidation sites excluding steroid dienone is 2. The van der Waals surface area contributed by atoms with Crippen LogP contribution in [-0.2, 0) is 16.0 Å². The van der Waals surface area contributed by atoms with Crippen molar-refractivity contribution in [3.8, 4) is 0 Å². The van der Waals surface area contributed by atoms with Gasteiger partial charge in [0.05, 0.1) is 6.42 Å². The van der Waals surface area contributed by atoms with Gasteiger partial charge in [-0.15, -0.1) is 0 Å². The maximum atomic E-state index is 12.5. The van der Waals surface area contributed by atoms with E-state index in [1.165, 1.54) is 0 Å². The van der Waals surface area contributed by atoms with Gasteiger partial charge in [-0.25, -0.2) is 0 Å². The molecular weight excluding hydrogens is 314 g/mol. The second kappa shape index (κ2) is 8.30. The topological polar surface area (TPSA) is 52.6 Å². The lowest BCUT2D eigenvalue weighted by molar-refractivity contribution is -0.132. The third-order valence-electron chi connectivity index (χ3n) is 4.98. The van der Waals surface area contributed by atoms with Crippen LogP contribution in [0.4, 0.5) is 5.69 Å². The van der Waals surface area contributed by atoms with Crippen molar-refractivity contribution in [2.24, 2.45) is 5.92 Å². The van der Waals surface area contributed by atoms with E-state index in [9.17, 15) is 9.59 Å². The van der Waals surface area contributed by atoms with Crippen molar-refractivity contribution in [2.75, 3.05) is 38.5 Å². The highest BCUT2D eigenvalue weighted by atomic mass is 16.2. The summed E-state index contributed by atoms with van der Waals surface area (Å²) in [5.74, 6) is 0.564. The summed E-state index contributed by atoms with van der Waals surface area (Å²) in [6.07, 6.45) is 7.32. The second-order valence-corrected chi connectivity index (χ2v) is 7.08. The van der Waals surface area contributed by atoms with Crippen molar-refractivity contribution in [3.63, 3.8) is 0 Å². The van der Waals surface area contributed by atoms with E-state index in [1.807, 2.05) is 29.2 Å². The van der Waals surface area contributed by atoms with Crippen LogP contribution in [-0.4, -0.2) is 54.8 Å². The molecule has 5 heteroatoms. The first-order valence-electron chi connectivity index (χ1n) is 9.12. The molecule has 0 saturated carbocycles. The Kier molecular flexibility index (Phi) is 5.87. The van der Waals surface area contributed by atoms with Crippen molar-refractivity contribution in [1.29, 1.82) is 0 Å². The molecule has 1 aromatic rings. The van der Waals surface area contributed by atoms with E-state index in [-0.39, 0.29) is 11.8 Å². The lowest BCUT2D eigenvalue weighted by atomic mass is 10.0. The van der Waals surface area contributed by atoms with Crippen LogP contribution < -0.4 is 5.32 Å². The van der Waals surface area contributed by atoms with Crippen LogP contribution in [0.15, 0.2) is 36.4 Å². The molecule has 1 unspecified atom stereocenters. The normalized spacial score (nSPS) is 20.7. The third-order valence-corrected chi connectivity index (χ3v) is 4.98. The number of amides is 2. The van der Waals surface area contributed by atoms with E-state index in [2.05, 4.69) is 29.4 Å². The number of anilines is 1. The van der Waals surface area contributed by atoms with E-state index in [0.29, 0.717) is 18.8 Å². The Labute approximate surface area is 149 Å². The Balaban J connectivity index is 1.53. The molecule has 1 fully saturated rings. The van der Waals surface area contributed by atoms with Gasteiger partial charge in [0.2, 0.25) is 11.8 Å². The number of carbonyl (C=O) groups is 2. The molecule has 1 aliphatic heterocycles. The highest BCUT2D eigenvalue weighted by Gasteiger charge is 2.19. The summed E-state index contributed by atoms with van der Waals surface area (Å²) in [5.41, 5.74) is 1.72. The molecule has 1 atom stereocenters. The summed E-state index contributed by atoms with van der Waals surface area (Å²) in [6, 6.07) is 7.64. The largest absolute Gasteiger partial charge is 0.340 e. The smallest absolute Gasteiger partial charge is 0.227 e. The van der Waals surface area contributed by atoms with Gasteiger partial charge in [-0.05, 0) is 43.5 Å². The van der Waals surface area contributed by atoms with Gasteiger partial charge >= 0.3 is 0 Å². The first kappa shape index (κ1) is 17.7. The molecule has 0 radical (unpaired) electrons. The van der Waals surface area contributed by atoms with Gasteiger partial charge in [0.25, 0.3) is 0 Å². The van der Waals surface area contributed by atoms with Gasteiger partial charge in [-0.3, -0.25) is 9.59 Å². The number of piperazine rings is 1. The maximum Gasteiger partial charge on any atom is 0.227 e. The number of hydrogen-bond acceptors (Lipinski definition) is 3. The zero-order valence-corrected chi connectivity index (χ0v) is 14.9. The first-order valence-corrected chi connectivity index (χ1v) is 9.12. The molecule has 25 heavy (non-hydrogen) atoms. The van der Waals surface area contributed by atoms with Crippen molar-refractivity contribution in [2.45, 2.75) is 25.7 Å². The lowest BCUT2D eigenvalue weighted by Gasteiger charge is -2.32. The molecule has 1 aliphatic carbocycles. The Hall–Kier alpha value is -2.14. The van der Waals surface area contributed by atoms with Crippen LogP contribution >= 0.6 is 0 Å². The number of nitrogens with zero attached hydrogens (tertiary/aromatic N) is 2. The number of benzene rings is 1. The van der Waals surface area contributed by atoms with Gasteiger partial charge < -0.3 is 15.1 Å². The van der Waals surface area contributed by atoms with Crippen LogP contribution in [0.5, 0.6) is 0 Å². The molecule has 1 aromatic carbocycles. The van der Waals surface area contributed by atoms with Gasteiger partial charge in [0.15, 0.2) is 0 Å². The van der Waals surface area contributed by atoms with Crippen molar-refractivity contribution < 1.29 is 9.59 Å². The molecule has 0 bridgehead atoms. The highest BCUT2D eigenvalue weighted by Crippen LogP contribution is 2.21. The molecule has 1 saturated heterocycles. The average molecular weight is 341 g/mol. The summed E-state index contributed by atoms with van der Waals surface area (Å²) >= 11 is 0. The van der Waals surface area contributed by atoms with E-state index in [0.717, 1.165) is 50.3 Å². The molecule has 1 N–H and O–H groups in total. The minimum absolute atomic E-state index is 0.0408. The van der Waals surface area contributed by atoms with Crippen LogP contribution in [0.1, 0.15) is 24.8 Å².